The van der Waals surface area contributed by atoms with E-state index in [9.17, 15) is 18.4 Å². The molecule has 1 atom stereocenters. The highest BCUT2D eigenvalue weighted by molar-refractivity contribution is 5.96. The molecule has 0 N–H and O–H groups in total. The van der Waals surface area contributed by atoms with Crippen molar-refractivity contribution in [2.24, 2.45) is 5.92 Å². The first-order chi connectivity index (χ1) is 19.5. The molecule has 8 nitrogen and oxygen atoms in total. The number of likely N-dealkylation sites (tertiary alicyclic amines) is 2. The molecule has 1 saturated carbocycles. The summed E-state index contributed by atoms with van der Waals surface area (Å²) in [6.07, 6.45) is 8.06. The number of alkyl halides is 2. The summed E-state index contributed by atoms with van der Waals surface area (Å²) in [6.45, 7) is 11.9. The average Bonchev–Trinajstić information content (AvgIpc) is 2.93. The standard InChI is InChI=1S/C31H47F2N5O3/c1-5-6-7-24-20-38(25-8-10-31(32,33)11-9-25)28(40)41-30(24)14-18-37(19-15-30)29(4)12-16-36(17-13-29)27(39)26-22(2)34-21-35-23(26)3/h21,24-25H,5-20H2,1-4H3. The van der Waals surface area contributed by atoms with Gasteiger partial charge in [-0.1, -0.05) is 19.8 Å². The van der Waals surface area contributed by atoms with Gasteiger partial charge in [0.05, 0.1) is 17.0 Å². The monoisotopic (exact) mass is 575 g/mol. The first-order valence-corrected chi connectivity index (χ1v) is 15.7. The zero-order valence-corrected chi connectivity index (χ0v) is 25.3. The minimum absolute atomic E-state index is 0.0133. The maximum atomic E-state index is 13.8. The van der Waals surface area contributed by atoms with Crippen LogP contribution in [0.25, 0.3) is 0 Å². The Morgan fingerprint density at radius 1 is 1.00 bits per heavy atom. The molecule has 4 aliphatic rings. The van der Waals surface area contributed by atoms with Crippen LogP contribution in [-0.4, -0.2) is 92.5 Å². The summed E-state index contributed by atoms with van der Waals surface area (Å²) in [7, 11) is 0. The van der Waals surface area contributed by atoms with E-state index in [4.69, 9.17) is 4.74 Å². The second kappa shape index (κ2) is 11.7. The van der Waals surface area contributed by atoms with Crippen molar-refractivity contribution in [2.75, 3.05) is 32.7 Å². The van der Waals surface area contributed by atoms with Crippen molar-refractivity contribution in [1.82, 2.24) is 24.7 Å². The Morgan fingerprint density at radius 2 is 1.61 bits per heavy atom. The molecule has 1 aromatic heterocycles. The lowest BCUT2D eigenvalue weighted by Crippen LogP contribution is -2.64. The number of piperidine rings is 2. The van der Waals surface area contributed by atoms with Gasteiger partial charge in [0.2, 0.25) is 5.92 Å². The molecule has 41 heavy (non-hydrogen) atoms. The number of nitrogens with zero attached hydrogens (tertiary/aromatic N) is 5. The van der Waals surface area contributed by atoms with Gasteiger partial charge < -0.3 is 14.5 Å². The quantitative estimate of drug-likeness (QED) is 0.429. The van der Waals surface area contributed by atoms with Crippen LogP contribution in [0.5, 0.6) is 0 Å². The first kappa shape index (κ1) is 30.1. The van der Waals surface area contributed by atoms with E-state index in [0.717, 1.165) is 69.4 Å². The van der Waals surface area contributed by atoms with E-state index in [0.29, 0.717) is 38.0 Å². The summed E-state index contributed by atoms with van der Waals surface area (Å²) < 4.78 is 33.9. The van der Waals surface area contributed by atoms with Gasteiger partial charge in [0.1, 0.15) is 11.9 Å². The first-order valence-electron chi connectivity index (χ1n) is 15.7. The fraction of sp³-hybridized carbons (Fsp3) is 0.806. The summed E-state index contributed by atoms with van der Waals surface area (Å²) >= 11 is 0. The molecule has 0 radical (unpaired) electrons. The molecule has 1 unspecified atom stereocenters. The number of hydrogen-bond acceptors (Lipinski definition) is 6. The van der Waals surface area contributed by atoms with Crippen molar-refractivity contribution < 1.29 is 23.1 Å². The predicted molar refractivity (Wildman–Crippen MR) is 152 cm³/mol. The molecule has 0 aromatic carbocycles. The average molecular weight is 576 g/mol. The Morgan fingerprint density at radius 3 is 2.20 bits per heavy atom. The van der Waals surface area contributed by atoms with E-state index < -0.39 is 11.5 Å². The molecule has 5 rings (SSSR count). The van der Waals surface area contributed by atoms with E-state index in [-0.39, 0.29) is 42.3 Å². The molecule has 3 aliphatic heterocycles. The van der Waals surface area contributed by atoms with Gasteiger partial charge in [-0.15, -0.1) is 0 Å². The van der Waals surface area contributed by atoms with Crippen LogP contribution in [0, 0.1) is 19.8 Å². The van der Waals surface area contributed by atoms with Crippen molar-refractivity contribution in [3.05, 3.63) is 23.3 Å². The summed E-state index contributed by atoms with van der Waals surface area (Å²) in [6, 6.07) is -0.148. The summed E-state index contributed by atoms with van der Waals surface area (Å²) in [4.78, 5) is 41.3. The number of carbonyl (C=O) groups is 2. The van der Waals surface area contributed by atoms with Crippen molar-refractivity contribution in [1.29, 1.82) is 0 Å². The molecule has 0 bridgehead atoms. The normalized spacial score (nSPS) is 26.7. The van der Waals surface area contributed by atoms with E-state index >= 15 is 0 Å². The van der Waals surface area contributed by atoms with E-state index in [1.807, 2.05) is 18.7 Å². The van der Waals surface area contributed by atoms with E-state index in [2.05, 4.69) is 28.7 Å². The fourth-order valence-electron chi connectivity index (χ4n) is 7.74. The Labute approximate surface area is 243 Å². The van der Waals surface area contributed by atoms with Crippen LogP contribution >= 0.6 is 0 Å². The number of amides is 2. The number of unbranched alkanes of at least 4 members (excludes halogenated alkanes) is 1. The van der Waals surface area contributed by atoms with Gasteiger partial charge in [0, 0.05) is 75.9 Å². The zero-order chi connectivity index (χ0) is 29.4. The third kappa shape index (κ3) is 6.09. The Bertz CT molecular complexity index is 1080. The largest absolute Gasteiger partial charge is 0.442 e. The molecule has 1 aromatic rings. The number of halogens is 2. The highest BCUT2D eigenvalue weighted by Crippen LogP contribution is 2.45. The van der Waals surface area contributed by atoms with Crippen molar-refractivity contribution in [3.63, 3.8) is 0 Å². The van der Waals surface area contributed by atoms with Crippen LogP contribution in [0.4, 0.5) is 13.6 Å². The molecular formula is C31H47F2N5O3. The van der Waals surface area contributed by atoms with Gasteiger partial charge in [0.25, 0.3) is 5.91 Å². The number of aryl methyl sites for hydroxylation is 2. The lowest BCUT2D eigenvalue weighted by molar-refractivity contribution is -0.143. The molecule has 10 heteroatoms. The van der Waals surface area contributed by atoms with Crippen LogP contribution in [0.15, 0.2) is 6.33 Å². The van der Waals surface area contributed by atoms with Crippen LogP contribution in [-0.2, 0) is 4.74 Å². The van der Waals surface area contributed by atoms with Crippen LogP contribution in [0.3, 0.4) is 0 Å². The van der Waals surface area contributed by atoms with Crippen molar-refractivity contribution in [2.45, 2.75) is 121 Å². The predicted octanol–water partition coefficient (Wildman–Crippen LogP) is 5.76. The number of aromatic nitrogens is 2. The molecule has 1 spiro atoms. The van der Waals surface area contributed by atoms with Crippen molar-refractivity contribution >= 4 is 12.0 Å². The Kier molecular flexibility index (Phi) is 8.61. The highest BCUT2D eigenvalue weighted by Gasteiger charge is 2.53. The minimum Gasteiger partial charge on any atom is -0.442 e. The minimum atomic E-state index is -2.61. The van der Waals surface area contributed by atoms with Crippen LogP contribution < -0.4 is 0 Å². The molecule has 3 saturated heterocycles. The molecule has 4 heterocycles. The topological polar surface area (TPSA) is 78.9 Å². The summed E-state index contributed by atoms with van der Waals surface area (Å²) in [5.41, 5.74) is 1.55. The fourth-order valence-corrected chi connectivity index (χ4v) is 7.74. The second-order valence-corrected chi connectivity index (χ2v) is 13.2. The number of carbonyl (C=O) groups excluding carboxylic acids is 2. The maximum Gasteiger partial charge on any atom is 0.410 e. The van der Waals surface area contributed by atoms with Gasteiger partial charge >= 0.3 is 6.09 Å². The van der Waals surface area contributed by atoms with Gasteiger partial charge in [-0.25, -0.2) is 23.5 Å². The Hall–Kier alpha value is -2.36. The molecule has 228 valence electrons. The third-order valence-electron chi connectivity index (χ3n) is 10.7. The highest BCUT2D eigenvalue weighted by atomic mass is 19.3. The molecule has 2 amide bonds. The lowest BCUT2D eigenvalue weighted by atomic mass is 9.73. The summed E-state index contributed by atoms with van der Waals surface area (Å²) in [5.74, 6) is -2.38. The lowest BCUT2D eigenvalue weighted by Gasteiger charge is -2.55. The number of rotatable bonds is 6. The molecular weight excluding hydrogens is 528 g/mol. The van der Waals surface area contributed by atoms with Gasteiger partial charge in [0.15, 0.2) is 0 Å². The smallest absolute Gasteiger partial charge is 0.410 e. The third-order valence-corrected chi connectivity index (χ3v) is 10.7. The molecule has 1 aliphatic carbocycles. The van der Waals surface area contributed by atoms with Crippen molar-refractivity contribution in [3.8, 4) is 0 Å². The maximum absolute atomic E-state index is 13.8. The summed E-state index contributed by atoms with van der Waals surface area (Å²) in [5, 5.41) is 0. The van der Waals surface area contributed by atoms with Crippen LogP contribution in [0.2, 0.25) is 0 Å². The van der Waals surface area contributed by atoms with E-state index in [1.165, 1.54) is 6.33 Å². The molecule has 4 fully saturated rings. The second-order valence-electron chi connectivity index (χ2n) is 13.2. The number of ether oxygens (including phenoxy) is 1. The van der Waals surface area contributed by atoms with Gasteiger partial charge in [-0.2, -0.15) is 0 Å². The SMILES string of the molecule is CCCCC1CN(C2CCC(F)(F)CC2)C(=O)OC12CCN(C1(C)CCN(C(=O)c3c(C)ncnc3C)CC1)CC2. The zero-order valence-electron chi connectivity index (χ0n) is 25.3. The Balaban J connectivity index is 1.21. The van der Waals surface area contributed by atoms with Crippen LogP contribution in [0.1, 0.15) is 106 Å². The van der Waals surface area contributed by atoms with Gasteiger partial charge in [-0.3, -0.25) is 9.69 Å². The van der Waals surface area contributed by atoms with Gasteiger partial charge in [-0.05, 0) is 52.9 Å². The van der Waals surface area contributed by atoms with E-state index in [1.54, 1.807) is 4.90 Å². The number of hydrogen-bond donors (Lipinski definition) is 0.